The molecule has 0 aliphatic carbocycles. The normalized spacial score (nSPS) is 10.3. The maximum Gasteiger partial charge on any atom is 0.125 e. The summed E-state index contributed by atoms with van der Waals surface area (Å²) in [5.74, 6) is 0.794. The van der Waals surface area contributed by atoms with Crippen molar-refractivity contribution in [1.82, 2.24) is 15.0 Å². The summed E-state index contributed by atoms with van der Waals surface area (Å²) in [4.78, 5) is 12.8. The molecule has 2 heterocycles. The Kier molecular flexibility index (Phi) is 3.32. The lowest BCUT2D eigenvalue weighted by molar-refractivity contribution is 0.951. The molecular weight excluding hydrogens is 212 g/mol. The van der Waals surface area contributed by atoms with E-state index in [1.807, 2.05) is 39.0 Å². The Morgan fingerprint density at radius 2 is 1.88 bits per heavy atom. The zero-order valence-electron chi connectivity index (χ0n) is 10.4. The van der Waals surface area contributed by atoms with Crippen LogP contribution in [0.1, 0.15) is 22.9 Å². The van der Waals surface area contributed by atoms with Crippen molar-refractivity contribution >= 4 is 5.69 Å². The Morgan fingerprint density at radius 3 is 2.59 bits per heavy atom. The van der Waals surface area contributed by atoms with Crippen LogP contribution < -0.4 is 5.32 Å². The summed E-state index contributed by atoms with van der Waals surface area (Å²) in [5.41, 5.74) is 4.08. The maximum atomic E-state index is 4.41. The average molecular weight is 228 g/mol. The van der Waals surface area contributed by atoms with E-state index >= 15 is 0 Å². The summed E-state index contributed by atoms with van der Waals surface area (Å²) in [6.45, 7) is 6.57. The zero-order chi connectivity index (χ0) is 12.3. The van der Waals surface area contributed by atoms with E-state index in [9.17, 15) is 0 Å². The van der Waals surface area contributed by atoms with Crippen molar-refractivity contribution in [2.24, 2.45) is 0 Å². The Morgan fingerprint density at radius 1 is 1.06 bits per heavy atom. The van der Waals surface area contributed by atoms with E-state index in [0.29, 0.717) is 6.54 Å². The van der Waals surface area contributed by atoms with Crippen LogP contribution in [0.4, 0.5) is 5.69 Å². The Hall–Kier alpha value is -1.97. The van der Waals surface area contributed by atoms with Gasteiger partial charge in [0.25, 0.3) is 0 Å². The summed E-state index contributed by atoms with van der Waals surface area (Å²) >= 11 is 0. The quantitative estimate of drug-likeness (QED) is 0.876. The van der Waals surface area contributed by atoms with Gasteiger partial charge in [0.2, 0.25) is 0 Å². The maximum absolute atomic E-state index is 4.41. The van der Waals surface area contributed by atoms with Crippen molar-refractivity contribution in [3.63, 3.8) is 0 Å². The molecule has 88 valence electrons. The lowest BCUT2D eigenvalue weighted by Crippen LogP contribution is -2.05. The summed E-state index contributed by atoms with van der Waals surface area (Å²) in [6.07, 6.45) is 1.78. The Bertz CT molecular complexity index is 523. The van der Waals surface area contributed by atoms with Crippen LogP contribution in [0.15, 0.2) is 24.4 Å². The predicted octanol–water partition coefficient (Wildman–Crippen LogP) is 2.41. The number of nitrogens with one attached hydrogen (secondary N) is 1. The highest BCUT2D eigenvalue weighted by molar-refractivity contribution is 5.47. The summed E-state index contributed by atoms with van der Waals surface area (Å²) in [7, 11) is 0. The first kappa shape index (κ1) is 11.5. The second-order valence-corrected chi connectivity index (χ2v) is 4.03. The van der Waals surface area contributed by atoms with Gasteiger partial charge in [0.05, 0.1) is 23.6 Å². The van der Waals surface area contributed by atoms with Gasteiger partial charge in [-0.3, -0.25) is 4.98 Å². The molecule has 0 amide bonds. The van der Waals surface area contributed by atoms with E-state index in [1.54, 1.807) is 6.20 Å². The number of hydrogen-bond acceptors (Lipinski definition) is 4. The van der Waals surface area contributed by atoms with Gasteiger partial charge < -0.3 is 5.32 Å². The van der Waals surface area contributed by atoms with Crippen LogP contribution in [-0.2, 0) is 6.54 Å². The van der Waals surface area contributed by atoms with Gasteiger partial charge in [-0.05, 0) is 39.0 Å². The third-order valence-corrected chi connectivity index (χ3v) is 2.52. The molecule has 0 aliphatic rings. The molecular formula is C13H16N4. The van der Waals surface area contributed by atoms with E-state index in [-0.39, 0.29) is 0 Å². The molecule has 2 aromatic heterocycles. The van der Waals surface area contributed by atoms with Gasteiger partial charge in [0.15, 0.2) is 0 Å². The molecule has 17 heavy (non-hydrogen) atoms. The number of anilines is 1. The number of nitrogens with zero attached hydrogens (tertiary/aromatic N) is 3. The average Bonchev–Trinajstić information content (AvgIpc) is 2.28. The Labute approximate surface area is 101 Å². The molecule has 2 rings (SSSR count). The number of aryl methyl sites for hydroxylation is 3. The minimum Gasteiger partial charge on any atom is -0.378 e. The van der Waals surface area contributed by atoms with E-state index < -0.39 is 0 Å². The molecule has 1 N–H and O–H groups in total. The van der Waals surface area contributed by atoms with Crippen LogP contribution >= 0.6 is 0 Å². The molecule has 2 aromatic rings. The van der Waals surface area contributed by atoms with Gasteiger partial charge in [0.1, 0.15) is 5.82 Å². The first-order valence-electron chi connectivity index (χ1n) is 5.62. The lowest BCUT2D eigenvalue weighted by Gasteiger charge is -2.09. The number of rotatable bonds is 3. The topological polar surface area (TPSA) is 50.7 Å². The third-order valence-electron chi connectivity index (χ3n) is 2.52. The fraction of sp³-hybridized carbons (Fsp3) is 0.308. The minimum absolute atomic E-state index is 0.689. The van der Waals surface area contributed by atoms with E-state index in [4.69, 9.17) is 0 Å². The molecule has 4 nitrogen and oxygen atoms in total. The molecule has 0 aromatic carbocycles. The van der Waals surface area contributed by atoms with Crippen molar-refractivity contribution in [1.29, 1.82) is 0 Å². The monoisotopic (exact) mass is 228 g/mol. The molecule has 0 unspecified atom stereocenters. The summed E-state index contributed by atoms with van der Waals surface area (Å²) in [6, 6.07) is 5.96. The molecule has 0 bridgehead atoms. The number of hydrogen-bond donors (Lipinski definition) is 1. The van der Waals surface area contributed by atoms with Gasteiger partial charge in [-0.1, -0.05) is 0 Å². The minimum atomic E-state index is 0.689. The van der Waals surface area contributed by atoms with Gasteiger partial charge in [-0.15, -0.1) is 0 Å². The fourth-order valence-corrected chi connectivity index (χ4v) is 1.66. The van der Waals surface area contributed by atoms with Crippen LogP contribution in [0, 0.1) is 20.8 Å². The van der Waals surface area contributed by atoms with Crippen molar-refractivity contribution in [2.75, 3.05) is 5.32 Å². The zero-order valence-corrected chi connectivity index (χ0v) is 10.4. The lowest BCUT2D eigenvalue weighted by atomic mass is 10.2. The second kappa shape index (κ2) is 4.91. The highest BCUT2D eigenvalue weighted by Gasteiger charge is 2.00. The molecule has 4 heteroatoms. The van der Waals surface area contributed by atoms with Crippen LogP contribution in [0.5, 0.6) is 0 Å². The van der Waals surface area contributed by atoms with Crippen molar-refractivity contribution in [3.8, 4) is 0 Å². The van der Waals surface area contributed by atoms with Crippen LogP contribution in [-0.4, -0.2) is 15.0 Å². The van der Waals surface area contributed by atoms with E-state index in [2.05, 4.69) is 20.3 Å². The van der Waals surface area contributed by atoms with Crippen LogP contribution in [0.2, 0.25) is 0 Å². The van der Waals surface area contributed by atoms with Gasteiger partial charge >= 0.3 is 0 Å². The van der Waals surface area contributed by atoms with Crippen LogP contribution in [0.3, 0.4) is 0 Å². The summed E-state index contributed by atoms with van der Waals surface area (Å²) < 4.78 is 0. The van der Waals surface area contributed by atoms with Crippen molar-refractivity contribution < 1.29 is 0 Å². The van der Waals surface area contributed by atoms with Gasteiger partial charge in [0, 0.05) is 11.9 Å². The van der Waals surface area contributed by atoms with Crippen molar-refractivity contribution in [2.45, 2.75) is 27.3 Å². The Balaban J connectivity index is 2.07. The second-order valence-electron chi connectivity index (χ2n) is 4.03. The molecule has 0 aliphatic heterocycles. The standard InChI is InChI=1S/C13H16N4/c1-9-4-5-13(10(2)16-9)15-8-12-6-7-14-11(3)17-12/h4-7,15H,8H2,1-3H3. The van der Waals surface area contributed by atoms with Gasteiger partial charge in [-0.2, -0.15) is 0 Å². The molecule has 0 spiro atoms. The number of aromatic nitrogens is 3. The molecule has 0 fully saturated rings. The SMILES string of the molecule is Cc1ccc(NCc2ccnc(C)n2)c(C)n1. The molecule has 0 saturated carbocycles. The highest BCUT2D eigenvalue weighted by Crippen LogP contribution is 2.13. The predicted molar refractivity (Wildman–Crippen MR) is 67.8 cm³/mol. The smallest absolute Gasteiger partial charge is 0.125 e. The molecule has 0 radical (unpaired) electrons. The van der Waals surface area contributed by atoms with Crippen molar-refractivity contribution in [3.05, 3.63) is 47.3 Å². The fourth-order valence-electron chi connectivity index (χ4n) is 1.66. The highest BCUT2D eigenvalue weighted by atomic mass is 14.9. The van der Waals surface area contributed by atoms with Crippen LogP contribution in [0.25, 0.3) is 0 Å². The molecule has 0 atom stereocenters. The molecule has 0 saturated heterocycles. The first-order chi connectivity index (χ1) is 8.15. The summed E-state index contributed by atoms with van der Waals surface area (Å²) in [5, 5.41) is 3.33. The van der Waals surface area contributed by atoms with Gasteiger partial charge in [-0.25, -0.2) is 9.97 Å². The van der Waals surface area contributed by atoms with E-state index in [0.717, 1.165) is 28.6 Å². The number of pyridine rings is 1. The first-order valence-corrected chi connectivity index (χ1v) is 5.62. The third kappa shape index (κ3) is 3.00. The largest absolute Gasteiger partial charge is 0.378 e. The van der Waals surface area contributed by atoms with E-state index in [1.165, 1.54) is 0 Å².